The van der Waals surface area contributed by atoms with E-state index < -0.39 is 88.1 Å². The summed E-state index contributed by atoms with van der Waals surface area (Å²) in [6.07, 6.45) is 0.241. The van der Waals surface area contributed by atoms with Crippen LogP contribution in [0.4, 0.5) is 34.6 Å². The van der Waals surface area contributed by atoms with Gasteiger partial charge < -0.3 is 21.1 Å². The van der Waals surface area contributed by atoms with Gasteiger partial charge in [0.15, 0.2) is 12.6 Å². The van der Waals surface area contributed by atoms with E-state index in [0.717, 1.165) is 0 Å². The maximum absolute atomic E-state index is 13.9. The molecule has 0 radical (unpaired) electrons. The molecule has 0 unspecified atom stereocenters. The Bertz CT molecular complexity index is 3850. The van der Waals surface area contributed by atoms with E-state index in [2.05, 4.69) is 51.1 Å². The minimum atomic E-state index is -4.19. The number of nitrogens with one attached hydrogen (secondary N) is 6. The first-order valence-corrected chi connectivity index (χ1v) is 27.0. The minimum Gasteiger partial charge on any atom is -0.507 e. The molecule has 0 amide bonds. The smallest absolute Gasteiger partial charge is 0.264 e. The lowest BCUT2D eigenvalue weighted by atomic mass is 9.80. The highest BCUT2D eigenvalue weighted by Crippen LogP contribution is 2.42. The van der Waals surface area contributed by atoms with Crippen LogP contribution >= 0.6 is 0 Å². The number of benzene rings is 4. The van der Waals surface area contributed by atoms with Crippen LogP contribution in [-0.2, 0) is 48.8 Å². The van der Waals surface area contributed by atoms with Crippen LogP contribution in [0.2, 0.25) is 0 Å². The fourth-order valence-electron chi connectivity index (χ4n) is 9.58. The van der Waals surface area contributed by atoms with Crippen molar-refractivity contribution in [1.29, 1.82) is 0 Å². The Hall–Kier alpha value is -9.16. The SMILES string of the molecule is Cc1cc(C)nc(NS(=O)(=O)c2ccc(NNc3c(C)c(-c4c(C)c(NNc5ccc(S(=O)(=O)Nc6nc(C)cc(C)n6)cc5)c5c(c4O)=C(C=O)C(=O)C(=O)C=5C(C)C)c(O)c4c3=C(C(C)C)C(=O)C(=O)C=4C=O)cc2)n1. The number of hydrazine groups is 2. The molecule has 22 nitrogen and oxygen atoms in total. The van der Waals surface area contributed by atoms with E-state index in [0.29, 0.717) is 22.8 Å². The zero-order chi connectivity index (χ0) is 57.0. The number of carbonyl (C=O) groups is 6. The molecule has 402 valence electrons. The number of fused-ring (bicyclic) bond motifs is 2. The molecular formula is C54H52N10O12S2. The number of anilines is 6. The number of rotatable bonds is 17. The summed E-state index contributed by atoms with van der Waals surface area (Å²) in [5.74, 6) is -7.72. The van der Waals surface area contributed by atoms with Gasteiger partial charge in [-0.25, -0.2) is 46.2 Å². The fraction of sp³-hybridized carbons (Fsp3) is 0.222. The standard InChI is InChI=1S/C54H52N10O12S2/c1-23(2)37-43-41(35(21-65)47(67)51(37)71)49(69)39(29(9)45(43)61-59-31-11-15-33(16-12-31)77(73,74)63-53-55-25(5)19-26(6)56-53)40-30(10)46(44-38(24(3)4)52(72)48(68)36(22-66)42(44)50(40)70)62-60-32-13-17-34(18-14-32)78(75,76)64-54-57-27(7)20-28(8)58-54/h11-24,59-62,69-70H,1-10H3,(H,55,56,63)(H,57,58,64). The molecule has 0 aliphatic heterocycles. The fourth-order valence-corrected chi connectivity index (χ4v) is 11.5. The number of phenols is 2. The normalized spacial score (nSPS) is 13.6. The van der Waals surface area contributed by atoms with E-state index in [9.17, 15) is 55.8 Å². The number of nitrogens with zero attached hydrogens (tertiary/aromatic N) is 4. The molecule has 2 aromatic heterocycles. The van der Waals surface area contributed by atoms with Crippen molar-refractivity contribution >= 4 is 113 Å². The highest BCUT2D eigenvalue weighted by molar-refractivity contribution is 7.93. The molecule has 24 heteroatoms. The van der Waals surface area contributed by atoms with Crippen LogP contribution in [0.1, 0.15) is 61.6 Å². The third-order valence-electron chi connectivity index (χ3n) is 13.0. The van der Waals surface area contributed by atoms with Crippen LogP contribution in [-0.4, -0.2) is 82.7 Å². The Labute approximate surface area is 446 Å². The van der Waals surface area contributed by atoms with Gasteiger partial charge in [0.1, 0.15) is 11.5 Å². The van der Waals surface area contributed by atoms with Crippen LogP contribution in [0.25, 0.3) is 33.4 Å². The van der Waals surface area contributed by atoms with Crippen molar-refractivity contribution in [1.82, 2.24) is 19.9 Å². The molecule has 2 heterocycles. The average molecular weight is 1100 g/mol. The first-order chi connectivity index (χ1) is 36.7. The summed E-state index contributed by atoms with van der Waals surface area (Å²) >= 11 is 0. The second-order valence-corrected chi connectivity index (χ2v) is 22.5. The summed E-state index contributed by atoms with van der Waals surface area (Å²) < 4.78 is 58.3. The maximum Gasteiger partial charge on any atom is 0.264 e. The summed E-state index contributed by atoms with van der Waals surface area (Å²) in [7, 11) is -8.38. The van der Waals surface area contributed by atoms with Gasteiger partial charge in [-0.3, -0.25) is 39.6 Å². The Morgan fingerprint density at radius 3 is 1.05 bits per heavy atom. The van der Waals surface area contributed by atoms with Crippen molar-refractivity contribution in [2.45, 2.75) is 79.0 Å². The molecular weight excluding hydrogens is 1040 g/mol. The zero-order valence-electron chi connectivity index (χ0n) is 43.7. The molecule has 0 fully saturated rings. The predicted molar refractivity (Wildman–Crippen MR) is 291 cm³/mol. The van der Waals surface area contributed by atoms with Crippen molar-refractivity contribution in [2.24, 2.45) is 11.8 Å². The number of ketones is 4. The van der Waals surface area contributed by atoms with Gasteiger partial charge in [0.25, 0.3) is 20.0 Å². The molecule has 4 aromatic carbocycles. The van der Waals surface area contributed by atoms with Gasteiger partial charge in [0, 0.05) is 65.9 Å². The van der Waals surface area contributed by atoms with Gasteiger partial charge in [0.2, 0.25) is 35.0 Å². The van der Waals surface area contributed by atoms with E-state index in [-0.39, 0.29) is 101 Å². The van der Waals surface area contributed by atoms with Crippen molar-refractivity contribution in [3.05, 3.63) is 115 Å². The third-order valence-corrected chi connectivity index (χ3v) is 15.7. The van der Waals surface area contributed by atoms with Gasteiger partial charge >= 0.3 is 0 Å². The summed E-state index contributed by atoms with van der Waals surface area (Å²) in [5.41, 5.74) is 12.6. The lowest BCUT2D eigenvalue weighted by Gasteiger charge is -2.27. The van der Waals surface area contributed by atoms with Crippen LogP contribution < -0.4 is 52.0 Å². The molecule has 8 rings (SSSR count). The maximum atomic E-state index is 13.9. The molecule has 2 aliphatic carbocycles. The second-order valence-electron chi connectivity index (χ2n) is 19.2. The van der Waals surface area contributed by atoms with Gasteiger partial charge in [-0.2, -0.15) is 0 Å². The van der Waals surface area contributed by atoms with Gasteiger partial charge in [-0.15, -0.1) is 0 Å². The quantitative estimate of drug-likeness (QED) is 0.0281. The van der Waals surface area contributed by atoms with Crippen LogP contribution in [0.5, 0.6) is 11.5 Å². The highest BCUT2D eigenvalue weighted by atomic mass is 32.2. The first kappa shape index (κ1) is 55.1. The van der Waals surface area contributed by atoms with E-state index >= 15 is 0 Å². The Kier molecular flexibility index (Phi) is 14.7. The number of carbonyl (C=O) groups excluding carboxylic acids is 6. The van der Waals surface area contributed by atoms with Gasteiger partial charge in [-0.05, 0) is 125 Å². The lowest BCUT2D eigenvalue weighted by molar-refractivity contribution is -0.130. The van der Waals surface area contributed by atoms with E-state index in [1.807, 2.05) is 0 Å². The second kappa shape index (κ2) is 20.8. The van der Waals surface area contributed by atoms with Crippen LogP contribution in [0.15, 0.2) is 70.5 Å². The van der Waals surface area contributed by atoms with Crippen molar-refractivity contribution in [3.8, 4) is 22.6 Å². The van der Waals surface area contributed by atoms with E-state index in [1.54, 1.807) is 67.5 Å². The molecule has 0 atom stereocenters. The largest absolute Gasteiger partial charge is 0.507 e. The third kappa shape index (κ3) is 9.93. The number of sulfonamides is 2. The Balaban J connectivity index is 1.32. The lowest BCUT2D eigenvalue weighted by Crippen LogP contribution is -2.46. The molecule has 0 saturated carbocycles. The monoisotopic (exact) mass is 1100 g/mol. The molecule has 6 aromatic rings. The number of phenolic OH excluding ortho intramolecular Hbond substituents is 2. The number of Topliss-reactive ketones (excluding diaryl/α,β-unsaturated/α-hetero) is 4. The number of aromatic hydroxyl groups is 2. The first-order valence-electron chi connectivity index (χ1n) is 24.0. The number of aldehydes is 2. The molecule has 0 bridgehead atoms. The van der Waals surface area contributed by atoms with Crippen molar-refractivity contribution in [2.75, 3.05) is 31.1 Å². The number of hydrogen-bond donors (Lipinski definition) is 8. The van der Waals surface area contributed by atoms with Crippen molar-refractivity contribution < 1.29 is 55.8 Å². The number of aryl methyl sites for hydroxylation is 4. The summed E-state index contributed by atoms with van der Waals surface area (Å²) in [4.78, 5) is 97.7. The highest BCUT2D eigenvalue weighted by Gasteiger charge is 2.38. The zero-order valence-corrected chi connectivity index (χ0v) is 45.3. The molecule has 2 aliphatic rings. The molecule has 0 spiro atoms. The summed E-state index contributed by atoms with van der Waals surface area (Å²) in [5, 5.41) is 24.4. The number of hydrogen-bond acceptors (Lipinski definition) is 20. The Morgan fingerprint density at radius 1 is 0.462 bits per heavy atom. The summed E-state index contributed by atoms with van der Waals surface area (Å²) in [6, 6.07) is 14.1. The topological polar surface area (TPSA) is 335 Å². The average Bonchev–Trinajstić information content (AvgIpc) is 3.54. The van der Waals surface area contributed by atoms with Crippen LogP contribution in [0.3, 0.4) is 0 Å². The number of aromatic nitrogens is 4. The molecule has 78 heavy (non-hydrogen) atoms. The molecule has 8 N–H and O–H groups in total. The van der Waals surface area contributed by atoms with Gasteiger partial charge in [-0.1, -0.05) is 27.7 Å². The molecule has 0 saturated heterocycles. The van der Waals surface area contributed by atoms with E-state index in [4.69, 9.17) is 0 Å². The predicted octanol–water partition coefficient (Wildman–Crippen LogP) is 3.29. The van der Waals surface area contributed by atoms with Crippen molar-refractivity contribution in [3.63, 3.8) is 0 Å². The van der Waals surface area contributed by atoms with E-state index in [1.165, 1.54) is 62.4 Å². The van der Waals surface area contributed by atoms with Crippen LogP contribution in [0, 0.1) is 53.4 Å². The van der Waals surface area contributed by atoms with Gasteiger partial charge in [0.05, 0.1) is 43.7 Å². The minimum absolute atomic E-state index is 0.00918. The Morgan fingerprint density at radius 2 is 0.769 bits per heavy atom. The summed E-state index contributed by atoms with van der Waals surface area (Å²) in [6.45, 7) is 16.2.